The van der Waals surface area contributed by atoms with E-state index in [1.807, 2.05) is 37.2 Å². The maximum Gasteiger partial charge on any atom is 0.269 e. The number of benzene rings is 1. The molecule has 0 aliphatic rings. The highest BCUT2D eigenvalue weighted by atomic mass is 16.1. The Labute approximate surface area is 137 Å². The lowest BCUT2D eigenvalue weighted by molar-refractivity contribution is 0.0946. The van der Waals surface area contributed by atoms with Gasteiger partial charge in [-0.25, -0.2) is 0 Å². The summed E-state index contributed by atoms with van der Waals surface area (Å²) in [6, 6.07) is 9.75. The van der Waals surface area contributed by atoms with Gasteiger partial charge in [-0.05, 0) is 57.3 Å². The van der Waals surface area contributed by atoms with E-state index in [0.717, 1.165) is 17.9 Å². The van der Waals surface area contributed by atoms with Crippen molar-refractivity contribution in [1.82, 2.24) is 15.2 Å². The predicted octanol–water partition coefficient (Wildman–Crippen LogP) is 2.73. The van der Waals surface area contributed by atoms with E-state index in [-0.39, 0.29) is 5.91 Å². The van der Waals surface area contributed by atoms with Gasteiger partial charge in [-0.15, -0.1) is 0 Å². The van der Waals surface area contributed by atoms with Crippen molar-refractivity contribution in [2.24, 2.45) is 0 Å². The maximum atomic E-state index is 12.1. The Kier molecular flexibility index (Phi) is 5.71. The number of nitrogens with one attached hydrogen (secondary N) is 2. The summed E-state index contributed by atoms with van der Waals surface area (Å²) in [4.78, 5) is 18.3. The molecule has 1 aromatic heterocycles. The van der Waals surface area contributed by atoms with Crippen LogP contribution in [0.2, 0.25) is 0 Å². The molecule has 0 radical (unpaired) electrons. The van der Waals surface area contributed by atoms with Crippen LogP contribution in [0.5, 0.6) is 0 Å². The van der Waals surface area contributed by atoms with Crippen LogP contribution >= 0.6 is 0 Å². The van der Waals surface area contributed by atoms with Crippen LogP contribution in [0.1, 0.15) is 21.6 Å². The molecule has 0 aliphatic heterocycles. The van der Waals surface area contributed by atoms with Crippen molar-refractivity contribution in [2.45, 2.75) is 13.8 Å². The van der Waals surface area contributed by atoms with Crippen molar-refractivity contribution in [2.75, 3.05) is 32.5 Å². The molecule has 2 N–H and O–H groups in total. The van der Waals surface area contributed by atoms with Crippen LogP contribution in [0.15, 0.2) is 36.5 Å². The van der Waals surface area contributed by atoms with Gasteiger partial charge < -0.3 is 15.5 Å². The third-order valence-electron chi connectivity index (χ3n) is 3.72. The first-order valence-electron chi connectivity index (χ1n) is 7.69. The second kappa shape index (κ2) is 7.74. The van der Waals surface area contributed by atoms with Gasteiger partial charge in [0, 0.05) is 30.7 Å². The van der Waals surface area contributed by atoms with Crippen LogP contribution < -0.4 is 10.6 Å². The number of nitrogens with zero attached hydrogens (tertiary/aromatic N) is 2. The number of carbonyl (C=O) groups is 1. The first-order chi connectivity index (χ1) is 11.0. The summed E-state index contributed by atoms with van der Waals surface area (Å²) in [6.07, 6.45) is 1.65. The van der Waals surface area contributed by atoms with E-state index in [0.29, 0.717) is 12.2 Å². The zero-order valence-corrected chi connectivity index (χ0v) is 14.2. The van der Waals surface area contributed by atoms with E-state index in [2.05, 4.69) is 35.5 Å². The summed E-state index contributed by atoms with van der Waals surface area (Å²) in [5, 5.41) is 6.23. The smallest absolute Gasteiger partial charge is 0.269 e. The number of anilines is 2. The highest BCUT2D eigenvalue weighted by Gasteiger charge is 2.08. The lowest BCUT2D eigenvalue weighted by Gasteiger charge is -2.13. The molecule has 0 saturated carbocycles. The molecular weight excluding hydrogens is 288 g/mol. The Hall–Kier alpha value is -2.40. The van der Waals surface area contributed by atoms with Crippen LogP contribution in [0, 0.1) is 13.8 Å². The van der Waals surface area contributed by atoms with Crippen molar-refractivity contribution in [3.63, 3.8) is 0 Å². The lowest BCUT2D eigenvalue weighted by atomic mass is 10.1. The third kappa shape index (κ3) is 4.79. The number of carbonyl (C=O) groups excluding carboxylic acids is 1. The lowest BCUT2D eigenvalue weighted by Crippen LogP contribution is -2.31. The maximum absolute atomic E-state index is 12.1. The second-order valence-electron chi connectivity index (χ2n) is 5.86. The summed E-state index contributed by atoms with van der Waals surface area (Å²) in [5.41, 5.74) is 4.73. The zero-order valence-electron chi connectivity index (χ0n) is 14.2. The minimum atomic E-state index is -0.156. The number of hydrogen-bond acceptors (Lipinski definition) is 4. The van der Waals surface area contributed by atoms with Crippen LogP contribution in [0.3, 0.4) is 0 Å². The minimum Gasteiger partial charge on any atom is -0.355 e. The molecule has 0 spiro atoms. The number of aryl methyl sites for hydroxylation is 1. The van der Waals surface area contributed by atoms with Crippen LogP contribution in [-0.2, 0) is 0 Å². The summed E-state index contributed by atoms with van der Waals surface area (Å²) >= 11 is 0. The number of amides is 1. The van der Waals surface area contributed by atoms with Crippen molar-refractivity contribution in [3.05, 3.63) is 53.3 Å². The molecule has 1 heterocycles. The number of rotatable bonds is 6. The highest BCUT2D eigenvalue weighted by molar-refractivity contribution is 5.93. The molecule has 0 bridgehead atoms. The molecule has 5 nitrogen and oxygen atoms in total. The molecule has 2 aromatic rings. The Morgan fingerprint density at radius 1 is 1.22 bits per heavy atom. The van der Waals surface area contributed by atoms with Gasteiger partial charge in [0.25, 0.3) is 5.91 Å². The summed E-state index contributed by atoms with van der Waals surface area (Å²) in [5.74, 6) is -0.156. The SMILES string of the molecule is Cc1cccc(Nc2ccnc(C(=O)NCCN(C)C)c2)c1C. The molecule has 1 aromatic carbocycles. The van der Waals surface area contributed by atoms with Crippen molar-refractivity contribution >= 4 is 17.3 Å². The van der Waals surface area contributed by atoms with Gasteiger partial charge in [-0.3, -0.25) is 9.78 Å². The molecule has 23 heavy (non-hydrogen) atoms. The van der Waals surface area contributed by atoms with E-state index in [9.17, 15) is 4.79 Å². The predicted molar refractivity (Wildman–Crippen MR) is 94.3 cm³/mol. The van der Waals surface area contributed by atoms with Gasteiger partial charge in [0.1, 0.15) is 5.69 Å². The molecule has 0 fully saturated rings. The molecule has 5 heteroatoms. The number of pyridine rings is 1. The second-order valence-corrected chi connectivity index (χ2v) is 5.86. The normalized spacial score (nSPS) is 10.7. The van der Waals surface area contributed by atoms with Crippen molar-refractivity contribution in [1.29, 1.82) is 0 Å². The Balaban J connectivity index is 2.07. The number of aromatic nitrogens is 1. The van der Waals surface area contributed by atoms with E-state index in [1.165, 1.54) is 11.1 Å². The van der Waals surface area contributed by atoms with Gasteiger partial charge in [-0.2, -0.15) is 0 Å². The standard InChI is InChI=1S/C18H24N4O/c1-13-6-5-7-16(14(13)2)21-15-8-9-19-17(12-15)18(23)20-10-11-22(3)4/h5-9,12H,10-11H2,1-4H3,(H,19,21)(H,20,23). The van der Waals surface area contributed by atoms with Crippen molar-refractivity contribution in [3.8, 4) is 0 Å². The van der Waals surface area contributed by atoms with Crippen LogP contribution in [0.25, 0.3) is 0 Å². The van der Waals surface area contributed by atoms with Gasteiger partial charge in [0.15, 0.2) is 0 Å². The molecule has 2 rings (SSSR count). The van der Waals surface area contributed by atoms with E-state index in [1.54, 1.807) is 12.3 Å². The van der Waals surface area contributed by atoms with Gasteiger partial charge in [-0.1, -0.05) is 12.1 Å². The van der Waals surface area contributed by atoms with E-state index in [4.69, 9.17) is 0 Å². The summed E-state index contributed by atoms with van der Waals surface area (Å²) < 4.78 is 0. The number of hydrogen-bond donors (Lipinski definition) is 2. The van der Waals surface area contributed by atoms with Crippen LogP contribution in [-0.4, -0.2) is 43.0 Å². The Morgan fingerprint density at radius 2 is 2.00 bits per heavy atom. The average molecular weight is 312 g/mol. The Bertz CT molecular complexity index is 682. The fourth-order valence-electron chi connectivity index (χ4n) is 2.16. The molecule has 1 amide bonds. The fraction of sp³-hybridized carbons (Fsp3) is 0.333. The van der Waals surface area contributed by atoms with Crippen molar-refractivity contribution < 1.29 is 4.79 Å². The summed E-state index contributed by atoms with van der Waals surface area (Å²) in [7, 11) is 3.94. The number of likely N-dealkylation sites (N-methyl/N-ethyl adjacent to an activating group) is 1. The largest absolute Gasteiger partial charge is 0.355 e. The average Bonchev–Trinajstić information content (AvgIpc) is 2.52. The fourth-order valence-corrected chi connectivity index (χ4v) is 2.16. The minimum absolute atomic E-state index is 0.156. The molecule has 0 atom stereocenters. The van der Waals surface area contributed by atoms with Gasteiger partial charge in [0.05, 0.1) is 0 Å². The van der Waals surface area contributed by atoms with Gasteiger partial charge >= 0.3 is 0 Å². The topological polar surface area (TPSA) is 57.3 Å². The zero-order chi connectivity index (χ0) is 16.8. The highest BCUT2D eigenvalue weighted by Crippen LogP contribution is 2.22. The molecule has 122 valence electrons. The monoisotopic (exact) mass is 312 g/mol. The third-order valence-corrected chi connectivity index (χ3v) is 3.72. The van der Waals surface area contributed by atoms with Gasteiger partial charge in [0.2, 0.25) is 0 Å². The summed E-state index contributed by atoms with van der Waals surface area (Å²) in [6.45, 7) is 5.55. The molecule has 0 aliphatic carbocycles. The van der Waals surface area contributed by atoms with E-state index < -0.39 is 0 Å². The van der Waals surface area contributed by atoms with E-state index >= 15 is 0 Å². The first kappa shape index (κ1) is 17.0. The molecule has 0 saturated heterocycles. The quantitative estimate of drug-likeness (QED) is 0.861. The molecular formula is C18H24N4O. The Morgan fingerprint density at radius 3 is 2.74 bits per heavy atom. The van der Waals surface area contributed by atoms with Crippen LogP contribution in [0.4, 0.5) is 11.4 Å². The molecule has 0 unspecified atom stereocenters. The first-order valence-corrected chi connectivity index (χ1v) is 7.69.